The molecule has 0 aliphatic rings. The second kappa shape index (κ2) is 6.06. The third-order valence-corrected chi connectivity index (χ3v) is 3.22. The number of halogens is 1. The fourth-order valence-electron chi connectivity index (χ4n) is 2.08. The Morgan fingerprint density at radius 2 is 2.14 bits per heavy atom. The van der Waals surface area contributed by atoms with E-state index in [0.29, 0.717) is 23.5 Å². The van der Waals surface area contributed by atoms with Gasteiger partial charge in [-0.1, -0.05) is 18.2 Å². The molecule has 3 rings (SSSR count). The van der Waals surface area contributed by atoms with Gasteiger partial charge in [-0.2, -0.15) is 10.4 Å². The lowest BCUT2D eigenvalue weighted by Gasteiger charge is -2.08. The molecular weight excluding hydrogens is 281 g/mol. The lowest BCUT2D eigenvalue weighted by molar-refractivity contribution is 0.612. The average molecular weight is 293 g/mol. The SMILES string of the molecule is N#Cc1ccc(CNc2cccc(-c3ncn[nH]3)c2)c(F)c1. The number of hydrogen-bond donors (Lipinski definition) is 2. The van der Waals surface area contributed by atoms with Crippen LogP contribution in [-0.4, -0.2) is 15.2 Å². The Morgan fingerprint density at radius 3 is 2.86 bits per heavy atom. The van der Waals surface area contributed by atoms with Gasteiger partial charge in [0.15, 0.2) is 5.82 Å². The molecule has 0 aliphatic carbocycles. The van der Waals surface area contributed by atoms with Crippen molar-refractivity contribution < 1.29 is 4.39 Å². The average Bonchev–Trinajstić information content (AvgIpc) is 3.08. The largest absolute Gasteiger partial charge is 0.381 e. The van der Waals surface area contributed by atoms with Crippen LogP contribution in [0.25, 0.3) is 11.4 Å². The summed E-state index contributed by atoms with van der Waals surface area (Å²) in [5, 5.41) is 18.5. The maximum absolute atomic E-state index is 13.8. The smallest absolute Gasteiger partial charge is 0.155 e. The highest BCUT2D eigenvalue weighted by atomic mass is 19.1. The molecule has 3 aromatic rings. The summed E-state index contributed by atoms with van der Waals surface area (Å²) in [5.41, 5.74) is 2.55. The summed E-state index contributed by atoms with van der Waals surface area (Å²) in [7, 11) is 0. The van der Waals surface area contributed by atoms with Gasteiger partial charge in [-0.25, -0.2) is 9.37 Å². The number of hydrogen-bond acceptors (Lipinski definition) is 4. The molecule has 0 bridgehead atoms. The molecule has 0 aliphatic heterocycles. The van der Waals surface area contributed by atoms with E-state index >= 15 is 0 Å². The molecule has 0 saturated heterocycles. The quantitative estimate of drug-likeness (QED) is 0.775. The van der Waals surface area contributed by atoms with E-state index in [1.54, 1.807) is 12.1 Å². The number of nitrogens with zero attached hydrogens (tertiary/aromatic N) is 3. The van der Waals surface area contributed by atoms with Gasteiger partial charge in [0.05, 0.1) is 11.6 Å². The van der Waals surface area contributed by atoms with Gasteiger partial charge in [0, 0.05) is 23.4 Å². The van der Waals surface area contributed by atoms with Crippen LogP contribution in [0.1, 0.15) is 11.1 Å². The molecule has 0 atom stereocenters. The Hall–Kier alpha value is -3.20. The van der Waals surface area contributed by atoms with Gasteiger partial charge in [0.2, 0.25) is 0 Å². The van der Waals surface area contributed by atoms with Crippen molar-refractivity contribution >= 4 is 5.69 Å². The van der Waals surface area contributed by atoms with Crippen molar-refractivity contribution in [2.75, 3.05) is 5.32 Å². The minimum absolute atomic E-state index is 0.313. The molecule has 0 spiro atoms. The maximum atomic E-state index is 13.8. The van der Waals surface area contributed by atoms with E-state index in [9.17, 15) is 4.39 Å². The zero-order chi connectivity index (χ0) is 15.4. The Bertz CT molecular complexity index is 821. The summed E-state index contributed by atoms with van der Waals surface area (Å²) < 4.78 is 13.8. The summed E-state index contributed by atoms with van der Waals surface area (Å²) in [4.78, 5) is 4.09. The Morgan fingerprint density at radius 1 is 1.23 bits per heavy atom. The van der Waals surface area contributed by atoms with Crippen LogP contribution in [-0.2, 0) is 6.54 Å². The highest BCUT2D eigenvalue weighted by molar-refractivity contribution is 5.62. The van der Waals surface area contributed by atoms with E-state index in [-0.39, 0.29) is 0 Å². The minimum atomic E-state index is -0.391. The number of aromatic nitrogens is 3. The third kappa shape index (κ3) is 2.94. The van der Waals surface area contributed by atoms with Gasteiger partial charge in [-0.3, -0.25) is 5.10 Å². The fraction of sp³-hybridized carbons (Fsp3) is 0.0625. The predicted octanol–water partition coefficient (Wildman–Crippen LogP) is 3.09. The Balaban J connectivity index is 1.75. The molecule has 22 heavy (non-hydrogen) atoms. The van der Waals surface area contributed by atoms with Crippen molar-refractivity contribution in [3.63, 3.8) is 0 Å². The summed E-state index contributed by atoms with van der Waals surface area (Å²) in [6, 6.07) is 14.0. The van der Waals surface area contributed by atoms with E-state index in [0.717, 1.165) is 11.3 Å². The molecule has 0 radical (unpaired) electrons. The highest BCUT2D eigenvalue weighted by Gasteiger charge is 2.05. The molecule has 1 heterocycles. The van der Waals surface area contributed by atoms with Crippen molar-refractivity contribution in [3.05, 3.63) is 65.7 Å². The first-order chi connectivity index (χ1) is 10.8. The molecule has 0 fully saturated rings. The number of nitrogens with one attached hydrogen (secondary N) is 2. The molecule has 2 aromatic carbocycles. The van der Waals surface area contributed by atoms with E-state index < -0.39 is 5.82 Å². The van der Waals surface area contributed by atoms with Crippen molar-refractivity contribution in [3.8, 4) is 17.5 Å². The van der Waals surface area contributed by atoms with Gasteiger partial charge in [0.1, 0.15) is 12.1 Å². The van der Waals surface area contributed by atoms with Crippen LogP contribution in [0.5, 0.6) is 0 Å². The van der Waals surface area contributed by atoms with Gasteiger partial charge in [-0.05, 0) is 24.3 Å². The summed E-state index contributed by atoms with van der Waals surface area (Å²) in [5.74, 6) is 0.283. The molecule has 1 aromatic heterocycles. The number of aromatic amines is 1. The molecule has 108 valence electrons. The molecule has 6 heteroatoms. The number of anilines is 1. The number of nitriles is 1. The second-order valence-electron chi connectivity index (χ2n) is 4.69. The highest BCUT2D eigenvalue weighted by Crippen LogP contribution is 2.19. The van der Waals surface area contributed by atoms with Crippen molar-refractivity contribution in [2.24, 2.45) is 0 Å². The van der Waals surface area contributed by atoms with Crippen LogP contribution in [0.4, 0.5) is 10.1 Å². The molecule has 0 unspecified atom stereocenters. The van der Waals surface area contributed by atoms with Gasteiger partial charge in [0.25, 0.3) is 0 Å². The second-order valence-corrected chi connectivity index (χ2v) is 4.69. The zero-order valence-electron chi connectivity index (χ0n) is 11.5. The summed E-state index contributed by atoms with van der Waals surface area (Å²) in [6.45, 7) is 0.331. The summed E-state index contributed by atoms with van der Waals surface area (Å²) >= 11 is 0. The van der Waals surface area contributed by atoms with Gasteiger partial charge in [-0.15, -0.1) is 0 Å². The zero-order valence-corrected chi connectivity index (χ0v) is 11.5. The number of benzene rings is 2. The number of rotatable bonds is 4. The third-order valence-electron chi connectivity index (χ3n) is 3.22. The predicted molar refractivity (Wildman–Crippen MR) is 80.3 cm³/mol. The van der Waals surface area contributed by atoms with Gasteiger partial charge < -0.3 is 5.32 Å². The first-order valence-electron chi connectivity index (χ1n) is 6.64. The normalized spacial score (nSPS) is 10.2. The van der Waals surface area contributed by atoms with Crippen molar-refractivity contribution in [1.82, 2.24) is 15.2 Å². The molecule has 0 saturated carbocycles. The van der Waals surface area contributed by atoms with Crippen molar-refractivity contribution in [2.45, 2.75) is 6.54 Å². The molecular formula is C16H12FN5. The van der Waals surface area contributed by atoms with Crippen LogP contribution < -0.4 is 5.32 Å². The molecule has 5 nitrogen and oxygen atoms in total. The first kappa shape index (κ1) is 13.8. The van der Waals surface area contributed by atoms with Crippen LogP contribution in [0.3, 0.4) is 0 Å². The Labute approximate surface area is 126 Å². The van der Waals surface area contributed by atoms with Crippen LogP contribution in [0.15, 0.2) is 48.8 Å². The van der Waals surface area contributed by atoms with E-state index in [1.165, 1.54) is 12.4 Å². The van der Waals surface area contributed by atoms with Gasteiger partial charge >= 0.3 is 0 Å². The Kier molecular flexibility index (Phi) is 3.79. The topological polar surface area (TPSA) is 77.4 Å². The lowest BCUT2D eigenvalue weighted by atomic mass is 10.1. The lowest BCUT2D eigenvalue weighted by Crippen LogP contribution is -2.02. The first-order valence-corrected chi connectivity index (χ1v) is 6.64. The van der Waals surface area contributed by atoms with Crippen LogP contribution in [0.2, 0.25) is 0 Å². The van der Waals surface area contributed by atoms with Crippen LogP contribution >= 0.6 is 0 Å². The van der Waals surface area contributed by atoms with E-state index in [2.05, 4.69) is 20.5 Å². The standard InChI is InChI=1S/C16H12FN5/c17-15-6-11(8-18)4-5-13(15)9-19-14-3-1-2-12(7-14)16-20-10-21-22-16/h1-7,10,19H,9H2,(H,20,21,22). The fourth-order valence-corrected chi connectivity index (χ4v) is 2.08. The molecule has 2 N–H and O–H groups in total. The minimum Gasteiger partial charge on any atom is -0.381 e. The molecule has 0 amide bonds. The summed E-state index contributed by atoms with van der Waals surface area (Å²) in [6.07, 6.45) is 1.45. The van der Waals surface area contributed by atoms with E-state index in [4.69, 9.17) is 5.26 Å². The maximum Gasteiger partial charge on any atom is 0.155 e. The number of H-pyrrole nitrogens is 1. The van der Waals surface area contributed by atoms with E-state index in [1.807, 2.05) is 30.3 Å². The van der Waals surface area contributed by atoms with Crippen molar-refractivity contribution in [1.29, 1.82) is 5.26 Å². The van der Waals surface area contributed by atoms with Crippen LogP contribution in [0, 0.1) is 17.1 Å². The monoisotopic (exact) mass is 293 g/mol.